The zero-order valence-corrected chi connectivity index (χ0v) is 10.6. The van der Waals surface area contributed by atoms with Crippen LogP contribution in [0.25, 0.3) is 0 Å². The van der Waals surface area contributed by atoms with Gasteiger partial charge in [-0.3, -0.25) is 4.79 Å². The van der Waals surface area contributed by atoms with Crippen LogP contribution < -0.4 is 5.32 Å². The van der Waals surface area contributed by atoms with Gasteiger partial charge in [0, 0.05) is 12.5 Å². The lowest BCUT2D eigenvalue weighted by Crippen LogP contribution is -2.33. The Kier molecular flexibility index (Phi) is 4.99. The van der Waals surface area contributed by atoms with E-state index >= 15 is 0 Å². The van der Waals surface area contributed by atoms with Crippen molar-refractivity contribution < 1.29 is 18.3 Å². The average molecular weight is 269 g/mol. The van der Waals surface area contributed by atoms with Gasteiger partial charge in [0.1, 0.15) is 18.2 Å². The quantitative estimate of drug-likeness (QED) is 0.886. The Morgan fingerprint density at radius 2 is 1.84 bits per heavy atom. The van der Waals surface area contributed by atoms with Crippen LogP contribution in [0.5, 0.6) is 0 Å². The summed E-state index contributed by atoms with van der Waals surface area (Å²) in [5.41, 5.74) is 0.344. The van der Waals surface area contributed by atoms with Crippen LogP contribution in [-0.4, -0.2) is 31.6 Å². The van der Waals surface area contributed by atoms with E-state index in [1.807, 2.05) is 0 Å². The molecule has 1 aromatic rings. The Hall–Kier alpha value is -1.33. The van der Waals surface area contributed by atoms with Crippen molar-refractivity contribution in [2.45, 2.75) is 25.4 Å². The molecule has 0 spiro atoms. The predicted molar refractivity (Wildman–Crippen MR) is 66.9 cm³/mol. The van der Waals surface area contributed by atoms with E-state index in [1.54, 1.807) is 0 Å². The first-order valence-electron chi connectivity index (χ1n) is 6.42. The molecule has 5 heteroatoms. The first-order valence-corrected chi connectivity index (χ1v) is 6.42. The molecule has 0 atom stereocenters. The first-order chi connectivity index (χ1) is 9.13. The van der Waals surface area contributed by atoms with Gasteiger partial charge in [-0.1, -0.05) is 0 Å². The van der Waals surface area contributed by atoms with Crippen molar-refractivity contribution in [3.63, 3.8) is 0 Å². The van der Waals surface area contributed by atoms with E-state index in [1.165, 1.54) is 12.1 Å². The smallest absolute Gasteiger partial charge is 0.162 e. The van der Waals surface area contributed by atoms with Crippen molar-refractivity contribution >= 4 is 5.78 Å². The Morgan fingerprint density at radius 3 is 2.47 bits per heavy atom. The number of hydrogen-bond donors (Lipinski definition) is 1. The van der Waals surface area contributed by atoms with Crippen molar-refractivity contribution in [2.75, 3.05) is 19.7 Å². The number of nitrogens with one attached hydrogen (secondary N) is 1. The Morgan fingerprint density at radius 1 is 1.21 bits per heavy atom. The second kappa shape index (κ2) is 6.73. The van der Waals surface area contributed by atoms with E-state index in [0.717, 1.165) is 32.0 Å². The molecule has 19 heavy (non-hydrogen) atoms. The summed E-state index contributed by atoms with van der Waals surface area (Å²) in [5, 5.41) is 3.21. The third kappa shape index (κ3) is 4.69. The number of Topliss-reactive ketones (excluding diaryl/α,β-unsaturated/α-hetero) is 1. The maximum atomic E-state index is 13.0. The predicted octanol–water partition coefficient (Wildman–Crippen LogP) is 1.85. The van der Waals surface area contributed by atoms with Crippen molar-refractivity contribution in [2.24, 2.45) is 0 Å². The molecule has 1 aliphatic rings. The lowest BCUT2D eigenvalue weighted by molar-refractivity contribution is -0.125. The molecule has 2 rings (SSSR count). The van der Waals surface area contributed by atoms with E-state index in [0.29, 0.717) is 5.56 Å². The summed E-state index contributed by atoms with van der Waals surface area (Å²) in [6.07, 6.45) is 1.89. The highest BCUT2D eigenvalue weighted by Crippen LogP contribution is 2.10. The standard InChI is InChI=1S/C14H17F2NO2/c15-11-5-10(6-12(16)8-11)7-13(18)9-19-14-1-3-17-4-2-14/h5-6,8,14,17H,1-4,7,9H2. The summed E-state index contributed by atoms with van der Waals surface area (Å²) in [7, 11) is 0. The molecule has 1 aliphatic heterocycles. The Balaban J connectivity index is 1.80. The van der Waals surface area contributed by atoms with Crippen LogP contribution >= 0.6 is 0 Å². The highest BCUT2D eigenvalue weighted by atomic mass is 19.1. The van der Waals surface area contributed by atoms with Gasteiger partial charge in [0.15, 0.2) is 5.78 Å². The highest BCUT2D eigenvalue weighted by Gasteiger charge is 2.15. The molecule has 0 unspecified atom stereocenters. The summed E-state index contributed by atoms with van der Waals surface area (Å²) in [6.45, 7) is 1.80. The van der Waals surface area contributed by atoms with E-state index in [9.17, 15) is 13.6 Å². The molecule has 0 saturated carbocycles. The normalized spacial score (nSPS) is 16.5. The maximum Gasteiger partial charge on any atom is 0.162 e. The van der Waals surface area contributed by atoms with E-state index in [2.05, 4.69) is 5.32 Å². The Labute approximate surface area is 111 Å². The van der Waals surface area contributed by atoms with Gasteiger partial charge in [-0.2, -0.15) is 0 Å². The number of carbonyl (C=O) groups is 1. The number of halogens is 2. The van der Waals surface area contributed by atoms with Crippen LogP contribution in [0.4, 0.5) is 8.78 Å². The number of hydrogen-bond acceptors (Lipinski definition) is 3. The minimum atomic E-state index is -0.665. The lowest BCUT2D eigenvalue weighted by Gasteiger charge is -2.22. The topological polar surface area (TPSA) is 38.3 Å². The minimum absolute atomic E-state index is 0.000347. The number of piperidine rings is 1. The van der Waals surface area contributed by atoms with Gasteiger partial charge in [-0.15, -0.1) is 0 Å². The van der Waals surface area contributed by atoms with Crippen LogP contribution in [0.15, 0.2) is 18.2 Å². The second-order valence-corrected chi connectivity index (χ2v) is 4.75. The third-order valence-electron chi connectivity index (χ3n) is 3.09. The molecule has 1 N–H and O–H groups in total. The van der Waals surface area contributed by atoms with Crippen LogP contribution in [0.3, 0.4) is 0 Å². The summed E-state index contributed by atoms with van der Waals surface area (Å²) >= 11 is 0. The first kappa shape index (κ1) is 14.1. The third-order valence-corrected chi connectivity index (χ3v) is 3.09. The molecule has 0 aliphatic carbocycles. The molecule has 1 fully saturated rings. The summed E-state index contributed by atoms with van der Waals surface area (Å²) in [4.78, 5) is 11.7. The number of rotatable bonds is 5. The minimum Gasteiger partial charge on any atom is -0.370 e. The average Bonchev–Trinajstić information content (AvgIpc) is 2.36. The number of ketones is 1. The van der Waals surface area contributed by atoms with Gasteiger partial charge in [0.2, 0.25) is 0 Å². The van der Waals surface area contributed by atoms with Gasteiger partial charge >= 0.3 is 0 Å². The van der Waals surface area contributed by atoms with Crippen molar-refractivity contribution in [1.82, 2.24) is 5.32 Å². The van der Waals surface area contributed by atoms with Crippen LogP contribution in [0.2, 0.25) is 0 Å². The monoisotopic (exact) mass is 269 g/mol. The van der Waals surface area contributed by atoms with Gasteiger partial charge in [-0.25, -0.2) is 8.78 Å². The molecule has 104 valence electrons. The van der Waals surface area contributed by atoms with E-state index in [-0.39, 0.29) is 24.9 Å². The number of ether oxygens (including phenoxy) is 1. The molecule has 1 saturated heterocycles. The van der Waals surface area contributed by atoms with Crippen molar-refractivity contribution in [3.05, 3.63) is 35.4 Å². The summed E-state index contributed by atoms with van der Waals surface area (Å²) in [6, 6.07) is 3.14. The SMILES string of the molecule is O=C(COC1CCNCC1)Cc1cc(F)cc(F)c1. The number of carbonyl (C=O) groups excluding carboxylic acids is 1. The summed E-state index contributed by atoms with van der Waals surface area (Å²) < 4.78 is 31.4. The molecular weight excluding hydrogens is 252 g/mol. The maximum absolute atomic E-state index is 13.0. The fourth-order valence-corrected chi connectivity index (χ4v) is 2.16. The summed E-state index contributed by atoms with van der Waals surface area (Å²) in [5.74, 6) is -1.49. The van der Waals surface area contributed by atoms with E-state index < -0.39 is 11.6 Å². The largest absolute Gasteiger partial charge is 0.370 e. The van der Waals surface area contributed by atoms with E-state index in [4.69, 9.17) is 4.74 Å². The molecule has 0 amide bonds. The van der Waals surface area contributed by atoms with Gasteiger partial charge in [-0.05, 0) is 43.6 Å². The zero-order valence-electron chi connectivity index (χ0n) is 10.6. The molecule has 0 aromatic heterocycles. The van der Waals surface area contributed by atoms with Crippen LogP contribution in [0, 0.1) is 11.6 Å². The fourth-order valence-electron chi connectivity index (χ4n) is 2.16. The van der Waals surface area contributed by atoms with Gasteiger partial charge < -0.3 is 10.1 Å². The van der Waals surface area contributed by atoms with Crippen molar-refractivity contribution in [3.8, 4) is 0 Å². The molecule has 3 nitrogen and oxygen atoms in total. The van der Waals surface area contributed by atoms with Gasteiger partial charge in [0.25, 0.3) is 0 Å². The zero-order chi connectivity index (χ0) is 13.7. The lowest BCUT2D eigenvalue weighted by atomic mass is 10.1. The molecule has 1 aromatic carbocycles. The fraction of sp³-hybridized carbons (Fsp3) is 0.500. The molecule has 0 radical (unpaired) electrons. The molecule has 1 heterocycles. The molecule has 0 bridgehead atoms. The Bertz CT molecular complexity index is 425. The van der Waals surface area contributed by atoms with Crippen LogP contribution in [-0.2, 0) is 16.0 Å². The second-order valence-electron chi connectivity index (χ2n) is 4.75. The molecular formula is C14H17F2NO2. The number of benzene rings is 1. The van der Waals surface area contributed by atoms with Crippen molar-refractivity contribution in [1.29, 1.82) is 0 Å². The highest BCUT2D eigenvalue weighted by molar-refractivity contribution is 5.82. The van der Waals surface area contributed by atoms with Crippen LogP contribution in [0.1, 0.15) is 18.4 Å². The van der Waals surface area contributed by atoms with Gasteiger partial charge in [0.05, 0.1) is 6.10 Å².